The third kappa shape index (κ3) is 4.30. The number of benzene rings is 1. The highest BCUT2D eigenvalue weighted by Gasteiger charge is 2.22. The molecular formula is C18H23F2N5S. The molecule has 3 rings (SSSR count). The number of guanidine groups is 1. The zero-order valence-electron chi connectivity index (χ0n) is 15.0. The van der Waals surface area contributed by atoms with Crippen molar-refractivity contribution in [1.29, 1.82) is 0 Å². The van der Waals surface area contributed by atoms with Crippen LogP contribution in [0.3, 0.4) is 0 Å². The van der Waals surface area contributed by atoms with Gasteiger partial charge in [-0.1, -0.05) is 6.92 Å². The standard InChI is InChI=1S/C18H23F2N5S/c1-3-17-23-14(12-26-17)11-22-18(21-2)25-8-6-24(7-9-25)16-10-13(19)4-5-15(16)20/h4-5,10,12H,3,6-9,11H2,1-2H3,(H,21,22). The van der Waals surface area contributed by atoms with E-state index in [1.54, 1.807) is 18.4 Å². The summed E-state index contributed by atoms with van der Waals surface area (Å²) in [6, 6.07) is 3.57. The molecule has 1 saturated heterocycles. The maximum atomic E-state index is 14.0. The third-order valence-electron chi connectivity index (χ3n) is 4.37. The second kappa shape index (κ2) is 8.44. The zero-order valence-corrected chi connectivity index (χ0v) is 15.8. The van der Waals surface area contributed by atoms with Gasteiger partial charge in [0.1, 0.15) is 11.6 Å². The second-order valence-corrected chi connectivity index (χ2v) is 7.00. The van der Waals surface area contributed by atoms with Crippen LogP contribution in [0, 0.1) is 11.6 Å². The van der Waals surface area contributed by atoms with Crippen molar-refractivity contribution in [3.05, 3.63) is 45.9 Å². The molecule has 1 aliphatic heterocycles. The normalized spacial score (nSPS) is 15.5. The average molecular weight is 379 g/mol. The lowest BCUT2D eigenvalue weighted by atomic mass is 10.2. The van der Waals surface area contributed by atoms with E-state index in [0.717, 1.165) is 29.1 Å². The Morgan fingerprint density at radius 1 is 1.27 bits per heavy atom. The quantitative estimate of drug-likeness (QED) is 0.655. The highest BCUT2D eigenvalue weighted by atomic mass is 32.1. The van der Waals surface area contributed by atoms with E-state index in [1.165, 1.54) is 12.1 Å². The summed E-state index contributed by atoms with van der Waals surface area (Å²) < 4.78 is 27.4. The van der Waals surface area contributed by atoms with Crippen LogP contribution in [0.2, 0.25) is 0 Å². The molecular weight excluding hydrogens is 356 g/mol. The summed E-state index contributed by atoms with van der Waals surface area (Å²) >= 11 is 1.67. The van der Waals surface area contributed by atoms with Crippen molar-refractivity contribution in [3.63, 3.8) is 0 Å². The molecule has 5 nitrogen and oxygen atoms in total. The van der Waals surface area contributed by atoms with Gasteiger partial charge in [-0.15, -0.1) is 11.3 Å². The van der Waals surface area contributed by atoms with Gasteiger partial charge >= 0.3 is 0 Å². The van der Waals surface area contributed by atoms with Gasteiger partial charge in [-0.3, -0.25) is 4.99 Å². The van der Waals surface area contributed by atoms with Crippen molar-refractivity contribution in [2.75, 3.05) is 38.1 Å². The molecule has 8 heteroatoms. The maximum absolute atomic E-state index is 14.0. The predicted molar refractivity (Wildman–Crippen MR) is 102 cm³/mol. The molecule has 26 heavy (non-hydrogen) atoms. The molecule has 2 heterocycles. The van der Waals surface area contributed by atoms with E-state index < -0.39 is 11.6 Å². The van der Waals surface area contributed by atoms with Crippen molar-refractivity contribution in [1.82, 2.24) is 15.2 Å². The minimum atomic E-state index is -0.420. The summed E-state index contributed by atoms with van der Waals surface area (Å²) in [6.45, 7) is 5.31. The number of nitrogens with one attached hydrogen (secondary N) is 1. The summed E-state index contributed by atoms with van der Waals surface area (Å²) in [5, 5.41) is 6.52. The summed E-state index contributed by atoms with van der Waals surface area (Å²) in [5.74, 6) is -0.0101. The first-order valence-corrected chi connectivity index (χ1v) is 9.57. The minimum absolute atomic E-state index is 0.321. The number of hydrogen-bond donors (Lipinski definition) is 1. The van der Waals surface area contributed by atoms with E-state index in [1.807, 2.05) is 4.90 Å². The van der Waals surface area contributed by atoms with Crippen molar-refractivity contribution in [2.24, 2.45) is 4.99 Å². The molecule has 0 unspecified atom stereocenters. The molecule has 0 saturated carbocycles. The first-order chi connectivity index (χ1) is 12.6. The lowest BCUT2D eigenvalue weighted by Crippen LogP contribution is -2.52. The van der Waals surface area contributed by atoms with E-state index in [9.17, 15) is 8.78 Å². The first kappa shape index (κ1) is 18.6. The SMILES string of the molecule is CCc1nc(CNC(=NC)N2CCN(c3cc(F)ccc3F)CC2)cs1. The number of anilines is 1. The number of nitrogens with zero attached hydrogens (tertiary/aromatic N) is 4. The summed E-state index contributed by atoms with van der Waals surface area (Å²) in [5.41, 5.74) is 1.33. The van der Waals surface area contributed by atoms with Gasteiger partial charge in [-0.25, -0.2) is 13.8 Å². The van der Waals surface area contributed by atoms with Crippen LogP contribution < -0.4 is 10.2 Å². The molecule has 1 fully saturated rings. The van der Waals surface area contributed by atoms with Crippen LogP contribution in [0.1, 0.15) is 17.6 Å². The number of hydrogen-bond acceptors (Lipinski definition) is 4. The van der Waals surface area contributed by atoms with E-state index in [4.69, 9.17) is 0 Å². The van der Waals surface area contributed by atoms with E-state index >= 15 is 0 Å². The minimum Gasteiger partial charge on any atom is -0.366 e. The van der Waals surface area contributed by atoms with Crippen molar-refractivity contribution >= 4 is 23.0 Å². The van der Waals surface area contributed by atoms with Crippen LogP contribution in [0.25, 0.3) is 0 Å². The molecule has 1 aromatic carbocycles. The maximum Gasteiger partial charge on any atom is 0.194 e. The van der Waals surface area contributed by atoms with Gasteiger partial charge < -0.3 is 15.1 Å². The van der Waals surface area contributed by atoms with Crippen LogP contribution in [-0.2, 0) is 13.0 Å². The monoisotopic (exact) mass is 379 g/mol. The van der Waals surface area contributed by atoms with Crippen molar-refractivity contribution in [2.45, 2.75) is 19.9 Å². The highest BCUT2D eigenvalue weighted by Crippen LogP contribution is 2.22. The Morgan fingerprint density at radius 2 is 2.04 bits per heavy atom. The Kier molecular flexibility index (Phi) is 6.03. The Hall–Kier alpha value is -2.22. The summed E-state index contributed by atoms with van der Waals surface area (Å²) in [6.07, 6.45) is 0.942. The fraction of sp³-hybridized carbons (Fsp3) is 0.444. The van der Waals surface area contributed by atoms with Gasteiger partial charge in [0.05, 0.1) is 22.9 Å². The Balaban J connectivity index is 1.56. The lowest BCUT2D eigenvalue weighted by Gasteiger charge is -2.37. The number of halogens is 2. The van der Waals surface area contributed by atoms with Gasteiger partial charge in [0.25, 0.3) is 0 Å². The van der Waals surface area contributed by atoms with Gasteiger partial charge in [0.15, 0.2) is 5.96 Å². The van der Waals surface area contributed by atoms with Gasteiger partial charge in [0.2, 0.25) is 0 Å². The Morgan fingerprint density at radius 3 is 2.69 bits per heavy atom. The number of aromatic nitrogens is 1. The number of thiazole rings is 1. The molecule has 2 aromatic rings. The van der Waals surface area contributed by atoms with Crippen LogP contribution in [-0.4, -0.2) is 49.1 Å². The lowest BCUT2D eigenvalue weighted by molar-refractivity contribution is 0.370. The molecule has 140 valence electrons. The first-order valence-electron chi connectivity index (χ1n) is 8.69. The number of aryl methyl sites for hydroxylation is 1. The third-order valence-corrected chi connectivity index (χ3v) is 5.41. The van der Waals surface area contributed by atoms with Crippen molar-refractivity contribution in [3.8, 4) is 0 Å². The Bertz CT molecular complexity index is 769. The van der Waals surface area contributed by atoms with Gasteiger partial charge in [0, 0.05) is 44.7 Å². The molecule has 0 bridgehead atoms. The van der Waals surface area contributed by atoms with E-state index in [2.05, 4.69) is 32.5 Å². The van der Waals surface area contributed by atoms with Crippen LogP contribution in [0.4, 0.5) is 14.5 Å². The largest absolute Gasteiger partial charge is 0.366 e. The summed E-state index contributed by atoms with van der Waals surface area (Å²) in [4.78, 5) is 12.9. The van der Waals surface area contributed by atoms with Crippen LogP contribution >= 0.6 is 11.3 Å². The molecule has 0 radical (unpaired) electrons. The fourth-order valence-electron chi connectivity index (χ4n) is 2.98. The van der Waals surface area contributed by atoms with Crippen molar-refractivity contribution < 1.29 is 8.78 Å². The van der Waals surface area contributed by atoms with Gasteiger partial charge in [-0.2, -0.15) is 0 Å². The fourth-order valence-corrected chi connectivity index (χ4v) is 3.73. The number of piperazine rings is 1. The summed E-state index contributed by atoms with van der Waals surface area (Å²) in [7, 11) is 1.75. The average Bonchev–Trinajstić information content (AvgIpc) is 3.13. The molecule has 1 aromatic heterocycles. The molecule has 1 N–H and O–H groups in total. The smallest absolute Gasteiger partial charge is 0.194 e. The van der Waals surface area contributed by atoms with Crippen LogP contribution in [0.15, 0.2) is 28.6 Å². The highest BCUT2D eigenvalue weighted by molar-refractivity contribution is 7.09. The number of rotatable bonds is 4. The topological polar surface area (TPSA) is 43.8 Å². The Labute approximate surface area is 156 Å². The molecule has 1 aliphatic rings. The molecule has 0 atom stereocenters. The molecule has 0 spiro atoms. The van der Waals surface area contributed by atoms with Gasteiger partial charge in [-0.05, 0) is 18.6 Å². The molecule has 0 aliphatic carbocycles. The predicted octanol–water partition coefficient (Wildman–Crippen LogP) is 2.88. The zero-order chi connectivity index (χ0) is 18.5. The number of aliphatic imine (C=N–C) groups is 1. The van der Waals surface area contributed by atoms with Crippen LogP contribution in [0.5, 0.6) is 0 Å². The van der Waals surface area contributed by atoms with E-state index in [0.29, 0.717) is 38.4 Å². The second-order valence-electron chi connectivity index (χ2n) is 6.06. The molecule has 0 amide bonds. The van der Waals surface area contributed by atoms with E-state index in [-0.39, 0.29) is 0 Å².